The number of hydrogen-bond acceptors (Lipinski definition) is 4. The highest BCUT2D eigenvalue weighted by atomic mass is 19.4. The second-order valence-electron chi connectivity index (χ2n) is 2.38. The van der Waals surface area contributed by atoms with E-state index in [0.29, 0.717) is 0 Å². The van der Waals surface area contributed by atoms with Crippen LogP contribution in [0.4, 0.5) is 13.2 Å². The van der Waals surface area contributed by atoms with E-state index in [-0.39, 0.29) is 18.1 Å². The van der Waals surface area contributed by atoms with Gasteiger partial charge < -0.3 is 9.63 Å². The Bertz CT molecular complexity index is 271. The molecule has 0 unspecified atom stereocenters. The van der Waals surface area contributed by atoms with Gasteiger partial charge in [0.2, 0.25) is 0 Å². The number of halogens is 3. The number of aromatic nitrogens is 2. The number of rotatable bonds is 3. The van der Waals surface area contributed by atoms with Crippen LogP contribution in [0.3, 0.4) is 0 Å². The maximum atomic E-state index is 11.7. The van der Waals surface area contributed by atoms with Crippen molar-refractivity contribution in [1.82, 2.24) is 10.1 Å². The minimum atomic E-state index is -4.22. The summed E-state index contributed by atoms with van der Waals surface area (Å²) >= 11 is 0. The van der Waals surface area contributed by atoms with Crippen LogP contribution in [0, 0.1) is 0 Å². The van der Waals surface area contributed by atoms with Crippen LogP contribution < -0.4 is 0 Å². The Labute approximate surface area is 71.4 Å². The summed E-state index contributed by atoms with van der Waals surface area (Å²) in [6.07, 6.45) is -5.54. The second kappa shape index (κ2) is 3.73. The zero-order valence-corrected chi connectivity index (χ0v) is 6.51. The lowest BCUT2D eigenvalue weighted by Gasteiger charge is -2.01. The van der Waals surface area contributed by atoms with Crippen LogP contribution in [0.5, 0.6) is 0 Å². The molecule has 0 bridgehead atoms. The Hall–Kier alpha value is -1.11. The maximum Gasteiger partial charge on any atom is 0.389 e. The van der Waals surface area contributed by atoms with Crippen LogP contribution in [0.1, 0.15) is 18.1 Å². The van der Waals surface area contributed by atoms with E-state index < -0.39 is 19.2 Å². The van der Waals surface area contributed by atoms with Crippen molar-refractivity contribution in [3.8, 4) is 0 Å². The van der Waals surface area contributed by atoms with Crippen molar-refractivity contribution in [1.29, 1.82) is 0 Å². The Morgan fingerprint density at radius 1 is 1.38 bits per heavy atom. The zero-order chi connectivity index (χ0) is 9.90. The molecule has 1 aromatic heterocycles. The summed E-state index contributed by atoms with van der Waals surface area (Å²) < 4.78 is 39.5. The van der Waals surface area contributed by atoms with Gasteiger partial charge in [-0.3, -0.25) is 0 Å². The predicted octanol–water partition coefficient (Wildman–Crippen LogP) is 1.06. The van der Waals surface area contributed by atoms with Gasteiger partial charge in [-0.25, -0.2) is 0 Å². The number of aliphatic hydroxyl groups excluding tert-OH is 1. The number of hydrogen-bond donors (Lipinski definition) is 1. The van der Waals surface area contributed by atoms with Gasteiger partial charge in [0, 0.05) is 6.42 Å². The molecule has 0 spiro atoms. The third kappa shape index (κ3) is 3.41. The summed E-state index contributed by atoms with van der Waals surface area (Å²) in [6, 6.07) is 0. The molecular formula is C6H7F3N2O2. The lowest BCUT2D eigenvalue weighted by molar-refractivity contribution is -0.134. The topological polar surface area (TPSA) is 59.2 Å². The number of alkyl halides is 3. The van der Waals surface area contributed by atoms with Gasteiger partial charge in [-0.15, -0.1) is 0 Å². The molecule has 0 aromatic carbocycles. The highest BCUT2D eigenvalue weighted by molar-refractivity contribution is 4.85. The largest absolute Gasteiger partial charge is 0.389 e. The standard InChI is InChI=1S/C6H7F3N2O2/c7-6(8,9)2-1-4-10-5(3-12)13-11-4/h12H,1-3H2. The molecule has 0 radical (unpaired) electrons. The van der Waals surface area contributed by atoms with Gasteiger partial charge >= 0.3 is 6.18 Å². The van der Waals surface area contributed by atoms with Crippen LogP contribution in [-0.4, -0.2) is 21.4 Å². The Morgan fingerprint density at radius 2 is 2.08 bits per heavy atom. The zero-order valence-electron chi connectivity index (χ0n) is 6.51. The lowest BCUT2D eigenvalue weighted by atomic mass is 10.3. The van der Waals surface area contributed by atoms with Crippen molar-refractivity contribution in [2.24, 2.45) is 0 Å². The van der Waals surface area contributed by atoms with E-state index in [1.165, 1.54) is 0 Å². The summed E-state index contributed by atoms with van der Waals surface area (Å²) in [7, 11) is 0. The van der Waals surface area contributed by atoms with Crippen molar-refractivity contribution in [2.45, 2.75) is 25.6 Å². The predicted molar refractivity (Wildman–Crippen MR) is 34.6 cm³/mol. The summed E-state index contributed by atoms with van der Waals surface area (Å²) in [5, 5.41) is 11.7. The van der Waals surface area contributed by atoms with E-state index in [1.807, 2.05) is 0 Å². The Kier molecular flexibility index (Phi) is 2.86. The quantitative estimate of drug-likeness (QED) is 0.785. The molecule has 1 aromatic rings. The van der Waals surface area contributed by atoms with E-state index in [1.54, 1.807) is 0 Å². The van der Waals surface area contributed by atoms with Crippen molar-refractivity contribution in [2.75, 3.05) is 0 Å². The van der Waals surface area contributed by atoms with Gasteiger partial charge in [0.15, 0.2) is 5.82 Å². The van der Waals surface area contributed by atoms with Gasteiger partial charge in [0.25, 0.3) is 5.89 Å². The van der Waals surface area contributed by atoms with Gasteiger partial charge in [0.1, 0.15) is 6.61 Å². The van der Waals surface area contributed by atoms with Crippen molar-refractivity contribution >= 4 is 0 Å². The summed E-state index contributed by atoms with van der Waals surface area (Å²) in [5.74, 6) is -0.112. The molecule has 4 nitrogen and oxygen atoms in total. The molecule has 1 N–H and O–H groups in total. The monoisotopic (exact) mass is 196 g/mol. The molecule has 0 amide bonds. The number of aliphatic hydroxyl groups is 1. The molecule has 7 heteroatoms. The van der Waals surface area contributed by atoms with E-state index in [9.17, 15) is 13.2 Å². The third-order valence-corrected chi connectivity index (χ3v) is 1.28. The van der Waals surface area contributed by atoms with Crippen LogP contribution in [0.2, 0.25) is 0 Å². The highest BCUT2D eigenvalue weighted by Gasteiger charge is 2.27. The van der Waals surface area contributed by atoms with Gasteiger partial charge in [-0.2, -0.15) is 18.2 Å². The fourth-order valence-electron chi connectivity index (χ4n) is 0.709. The minimum absolute atomic E-state index is 0.0404. The smallest absolute Gasteiger partial charge is 0.387 e. The summed E-state index contributed by atoms with van der Waals surface area (Å²) in [4.78, 5) is 3.50. The molecule has 13 heavy (non-hydrogen) atoms. The van der Waals surface area contributed by atoms with E-state index in [2.05, 4.69) is 14.7 Å². The molecule has 1 rings (SSSR count). The average molecular weight is 196 g/mol. The molecule has 0 aliphatic carbocycles. The minimum Gasteiger partial charge on any atom is -0.387 e. The molecule has 1 heterocycles. The Morgan fingerprint density at radius 3 is 2.54 bits per heavy atom. The van der Waals surface area contributed by atoms with Gasteiger partial charge in [-0.05, 0) is 0 Å². The van der Waals surface area contributed by atoms with Gasteiger partial charge in [0.05, 0.1) is 6.42 Å². The van der Waals surface area contributed by atoms with Crippen LogP contribution >= 0.6 is 0 Å². The first kappa shape index (κ1) is 9.97. The van der Waals surface area contributed by atoms with Crippen LogP contribution in [0.25, 0.3) is 0 Å². The van der Waals surface area contributed by atoms with E-state index in [0.717, 1.165) is 0 Å². The summed E-state index contributed by atoms with van der Waals surface area (Å²) in [6.45, 7) is -0.459. The molecule has 0 aliphatic heterocycles. The second-order valence-corrected chi connectivity index (χ2v) is 2.38. The first-order valence-corrected chi connectivity index (χ1v) is 3.50. The fourth-order valence-corrected chi connectivity index (χ4v) is 0.709. The number of nitrogens with zero attached hydrogens (tertiary/aromatic N) is 2. The third-order valence-electron chi connectivity index (χ3n) is 1.28. The van der Waals surface area contributed by atoms with E-state index >= 15 is 0 Å². The molecule has 0 saturated heterocycles. The van der Waals surface area contributed by atoms with Gasteiger partial charge in [-0.1, -0.05) is 5.16 Å². The molecule has 0 saturated carbocycles. The molecule has 74 valence electrons. The molecule has 0 fully saturated rings. The first-order valence-electron chi connectivity index (χ1n) is 3.50. The first-order chi connectivity index (χ1) is 6.01. The normalized spacial score (nSPS) is 12.0. The summed E-state index contributed by atoms with van der Waals surface area (Å²) in [5.41, 5.74) is 0. The van der Waals surface area contributed by atoms with Crippen molar-refractivity contribution in [3.05, 3.63) is 11.7 Å². The Balaban J connectivity index is 2.46. The average Bonchev–Trinajstić information content (AvgIpc) is 2.47. The maximum absolute atomic E-state index is 11.7. The van der Waals surface area contributed by atoms with Crippen molar-refractivity contribution in [3.63, 3.8) is 0 Å². The lowest BCUT2D eigenvalue weighted by Crippen LogP contribution is -2.09. The van der Waals surface area contributed by atoms with Crippen LogP contribution in [0.15, 0.2) is 4.52 Å². The molecule has 0 atom stereocenters. The van der Waals surface area contributed by atoms with Crippen LogP contribution in [-0.2, 0) is 13.0 Å². The number of aryl methyl sites for hydroxylation is 1. The SMILES string of the molecule is OCc1nc(CCC(F)(F)F)no1. The highest BCUT2D eigenvalue weighted by Crippen LogP contribution is 2.21. The van der Waals surface area contributed by atoms with E-state index in [4.69, 9.17) is 5.11 Å². The molecule has 0 aliphatic rings. The fraction of sp³-hybridized carbons (Fsp3) is 0.667. The van der Waals surface area contributed by atoms with Crippen molar-refractivity contribution < 1.29 is 22.8 Å². The molecular weight excluding hydrogens is 189 g/mol.